The van der Waals surface area contributed by atoms with Gasteiger partial charge in [-0.2, -0.15) is 5.10 Å². The van der Waals surface area contributed by atoms with Crippen LogP contribution in [0.1, 0.15) is 31.7 Å². The van der Waals surface area contributed by atoms with E-state index in [1.165, 1.54) is 18.4 Å². The van der Waals surface area contributed by atoms with Crippen molar-refractivity contribution in [2.24, 2.45) is 0 Å². The molecule has 0 bridgehead atoms. The molecule has 4 nitrogen and oxygen atoms in total. The molecule has 1 aliphatic heterocycles. The van der Waals surface area contributed by atoms with Gasteiger partial charge in [0.05, 0.1) is 12.3 Å². The Morgan fingerprint density at radius 2 is 2.56 bits per heavy atom. The summed E-state index contributed by atoms with van der Waals surface area (Å²) in [7, 11) is 0. The molecule has 1 aliphatic rings. The first-order chi connectivity index (χ1) is 7.88. The second kappa shape index (κ2) is 6.01. The first-order valence-electron chi connectivity index (χ1n) is 6.22. The summed E-state index contributed by atoms with van der Waals surface area (Å²) in [6, 6.07) is 0. The smallest absolute Gasteiger partial charge is 0.0700 e. The van der Waals surface area contributed by atoms with Crippen molar-refractivity contribution in [3.8, 4) is 0 Å². The number of rotatable bonds is 6. The van der Waals surface area contributed by atoms with Crippen LogP contribution in [0.4, 0.5) is 0 Å². The van der Waals surface area contributed by atoms with Crippen molar-refractivity contribution >= 4 is 0 Å². The van der Waals surface area contributed by atoms with Crippen LogP contribution in [-0.4, -0.2) is 29.0 Å². The molecule has 1 saturated heterocycles. The monoisotopic (exact) mass is 223 g/mol. The minimum atomic E-state index is 0.422. The lowest BCUT2D eigenvalue weighted by molar-refractivity contribution is 0.110. The first-order valence-corrected chi connectivity index (χ1v) is 6.22. The van der Waals surface area contributed by atoms with Crippen LogP contribution in [0.5, 0.6) is 0 Å². The Morgan fingerprint density at radius 3 is 3.31 bits per heavy atom. The molecule has 1 fully saturated rings. The Morgan fingerprint density at radius 1 is 1.62 bits per heavy atom. The van der Waals surface area contributed by atoms with Crippen molar-refractivity contribution < 1.29 is 4.74 Å². The van der Waals surface area contributed by atoms with Crippen LogP contribution >= 0.6 is 0 Å². The number of nitrogens with one attached hydrogen (secondary N) is 1. The van der Waals surface area contributed by atoms with E-state index in [1.54, 1.807) is 0 Å². The summed E-state index contributed by atoms with van der Waals surface area (Å²) in [5.41, 5.74) is 1.26. The second-order valence-corrected chi connectivity index (χ2v) is 4.38. The molecule has 0 amide bonds. The highest BCUT2D eigenvalue weighted by molar-refractivity contribution is 5.03. The topological polar surface area (TPSA) is 39.1 Å². The highest BCUT2D eigenvalue weighted by Gasteiger charge is 2.14. The molecule has 2 heterocycles. The van der Waals surface area contributed by atoms with Crippen LogP contribution in [0.2, 0.25) is 0 Å². The van der Waals surface area contributed by atoms with Gasteiger partial charge in [-0.15, -0.1) is 0 Å². The summed E-state index contributed by atoms with van der Waals surface area (Å²) in [5.74, 6) is 0. The van der Waals surface area contributed by atoms with Crippen molar-refractivity contribution in [1.82, 2.24) is 15.1 Å². The predicted molar refractivity (Wildman–Crippen MR) is 63.2 cm³/mol. The Bertz CT molecular complexity index is 305. The quantitative estimate of drug-likeness (QED) is 0.795. The fraction of sp³-hybridized carbons (Fsp3) is 0.750. The molecule has 1 aromatic rings. The van der Waals surface area contributed by atoms with Crippen molar-refractivity contribution in [3.63, 3.8) is 0 Å². The standard InChI is InChI=1S/C12H21N3O/c1-2-5-15-10-11(8-14-15)7-13-9-12-4-3-6-16-12/h8,10,12-13H,2-7,9H2,1H3/t12-/m1/s1. The fourth-order valence-electron chi connectivity index (χ4n) is 2.03. The molecule has 16 heavy (non-hydrogen) atoms. The molecule has 2 rings (SSSR count). The third kappa shape index (κ3) is 3.32. The van der Waals surface area contributed by atoms with E-state index in [2.05, 4.69) is 23.5 Å². The molecular weight excluding hydrogens is 202 g/mol. The molecule has 0 saturated carbocycles. The van der Waals surface area contributed by atoms with E-state index in [4.69, 9.17) is 4.74 Å². The summed E-state index contributed by atoms with van der Waals surface area (Å²) in [4.78, 5) is 0. The van der Waals surface area contributed by atoms with Gasteiger partial charge in [0, 0.05) is 38.0 Å². The summed E-state index contributed by atoms with van der Waals surface area (Å²) in [6.45, 7) is 5.95. The molecule has 1 N–H and O–H groups in total. The van der Waals surface area contributed by atoms with Crippen LogP contribution in [0, 0.1) is 0 Å². The fourth-order valence-corrected chi connectivity index (χ4v) is 2.03. The third-order valence-electron chi connectivity index (χ3n) is 2.86. The van der Waals surface area contributed by atoms with Crippen LogP contribution in [0.3, 0.4) is 0 Å². The molecule has 0 unspecified atom stereocenters. The lowest BCUT2D eigenvalue weighted by Crippen LogP contribution is -2.25. The molecule has 0 spiro atoms. The highest BCUT2D eigenvalue weighted by Crippen LogP contribution is 2.10. The minimum Gasteiger partial charge on any atom is -0.377 e. The summed E-state index contributed by atoms with van der Waals surface area (Å²) < 4.78 is 7.55. The van der Waals surface area contributed by atoms with Crippen LogP contribution < -0.4 is 5.32 Å². The number of ether oxygens (including phenoxy) is 1. The van der Waals surface area contributed by atoms with Gasteiger partial charge in [0.1, 0.15) is 0 Å². The lowest BCUT2D eigenvalue weighted by atomic mass is 10.2. The van der Waals surface area contributed by atoms with E-state index in [9.17, 15) is 0 Å². The molecule has 0 aromatic carbocycles. The maximum Gasteiger partial charge on any atom is 0.0700 e. The third-order valence-corrected chi connectivity index (χ3v) is 2.86. The van der Waals surface area contributed by atoms with E-state index in [0.29, 0.717) is 6.10 Å². The number of aromatic nitrogens is 2. The molecule has 1 aromatic heterocycles. The van der Waals surface area contributed by atoms with Gasteiger partial charge >= 0.3 is 0 Å². The van der Waals surface area contributed by atoms with Crippen LogP contribution in [-0.2, 0) is 17.8 Å². The van der Waals surface area contributed by atoms with E-state index in [1.807, 2.05) is 10.9 Å². The average Bonchev–Trinajstić information content (AvgIpc) is 2.90. The Labute approximate surface area is 97.0 Å². The summed E-state index contributed by atoms with van der Waals surface area (Å²) in [6.07, 6.45) is 8.02. The van der Waals surface area contributed by atoms with E-state index >= 15 is 0 Å². The van der Waals surface area contributed by atoms with E-state index in [0.717, 1.165) is 32.7 Å². The highest BCUT2D eigenvalue weighted by atomic mass is 16.5. The largest absolute Gasteiger partial charge is 0.377 e. The molecule has 0 aliphatic carbocycles. The molecule has 1 atom stereocenters. The molecule has 90 valence electrons. The number of aryl methyl sites for hydroxylation is 1. The Kier molecular flexibility index (Phi) is 4.36. The number of nitrogens with zero attached hydrogens (tertiary/aromatic N) is 2. The van der Waals surface area contributed by atoms with Gasteiger partial charge in [0.2, 0.25) is 0 Å². The van der Waals surface area contributed by atoms with Gasteiger partial charge in [-0.1, -0.05) is 6.92 Å². The number of hydrogen-bond donors (Lipinski definition) is 1. The second-order valence-electron chi connectivity index (χ2n) is 4.38. The first kappa shape index (κ1) is 11.6. The predicted octanol–water partition coefficient (Wildman–Crippen LogP) is 1.56. The van der Waals surface area contributed by atoms with Crippen molar-refractivity contribution in [2.45, 2.75) is 45.4 Å². The molecule has 4 heteroatoms. The Hall–Kier alpha value is -0.870. The normalized spacial score (nSPS) is 20.4. The SMILES string of the molecule is CCCn1cc(CNC[C@H]2CCCO2)cn1. The van der Waals surface area contributed by atoms with Gasteiger partial charge in [-0.05, 0) is 19.3 Å². The maximum absolute atomic E-state index is 5.55. The van der Waals surface area contributed by atoms with Gasteiger partial charge in [-0.3, -0.25) is 4.68 Å². The van der Waals surface area contributed by atoms with Gasteiger partial charge in [-0.25, -0.2) is 0 Å². The summed E-state index contributed by atoms with van der Waals surface area (Å²) >= 11 is 0. The van der Waals surface area contributed by atoms with Crippen LogP contribution in [0.15, 0.2) is 12.4 Å². The zero-order valence-electron chi connectivity index (χ0n) is 9.98. The molecule has 0 radical (unpaired) electrons. The van der Waals surface area contributed by atoms with Gasteiger partial charge in [0.25, 0.3) is 0 Å². The van der Waals surface area contributed by atoms with E-state index < -0.39 is 0 Å². The van der Waals surface area contributed by atoms with Gasteiger partial charge in [0.15, 0.2) is 0 Å². The zero-order chi connectivity index (χ0) is 11.2. The minimum absolute atomic E-state index is 0.422. The van der Waals surface area contributed by atoms with Crippen molar-refractivity contribution in [2.75, 3.05) is 13.2 Å². The van der Waals surface area contributed by atoms with E-state index in [-0.39, 0.29) is 0 Å². The zero-order valence-corrected chi connectivity index (χ0v) is 9.98. The maximum atomic E-state index is 5.55. The Balaban J connectivity index is 1.67. The van der Waals surface area contributed by atoms with Crippen molar-refractivity contribution in [3.05, 3.63) is 18.0 Å². The van der Waals surface area contributed by atoms with Crippen LogP contribution in [0.25, 0.3) is 0 Å². The average molecular weight is 223 g/mol. The molecular formula is C12H21N3O. The van der Waals surface area contributed by atoms with Crippen molar-refractivity contribution in [1.29, 1.82) is 0 Å². The summed E-state index contributed by atoms with van der Waals surface area (Å²) in [5, 5.41) is 7.72. The van der Waals surface area contributed by atoms with Gasteiger partial charge < -0.3 is 10.1 Å². The lowest BCUT2D eigenvalue weighted by Gasteiger charge is -2.09. The number of hydrogen-bond acceptors (Lipinski definition) is 3.